The van der Waals surface area contributed by atoms with Crippen molar-refractivity contribution in [1.82, 2.24) is 10.3 Å². The minimum atomic E-state index is -0.771. The van der Waals surface area contributed by atoms with Gasteiger partial charge in [-0.05, 0) is 25.5 Å². The number of rotatable bonds is 5. The number of hydrogen-bond donors (Lipinski definition) is 1. The highest BCUT2D eigenvalue weighted by Gasteiger charge is 2.10. The van der Waals surface area contributed by atoms with Gasteiger partial charge in [0.1, 0.15) is 5.15 Å². The number of nitrogens with zero attached hydrogens (tertiary/aromatic N) is 1. The summed E-state index contributed by atoms with van der Waals surface area (Å²) in [5.41, 5.74) is 1.08. The van der Waals surface area contributed by atoms with Gasteiger partial charge < -0.3 is 5.32 Å². The van der Waals surface area contributed by atoms with Gasteiger partial charge in [0.2, 0.25) is 0 Å². The smallest absolute Gasteiger partial charge is 0.129 e. The van der Waals surface area contributed by atoms with Crippen molar-refractivity contribution in [3.05, 3.63) is 29.0 Å². The fraction of sp³-hybridized carbons (Fsp3) is 0.545. The Hall–Kier alpha value is -0.450. The summed E-state index contributed by atoms with van der Waals surface area (Å²) < 4.78 is 11.1. The monoisotopic (exact) mass is 260 g/mol. The van der Waals surface area contributed by atoms with Crippen LogP contribution in [0.5, 0.6) is 0 Å². The molecule has 3 atom stereocenters. The lowest BCUT2D eigenvalue weighted by molar-refractivity contribution is 0.507. The second kappa shape index (κ2) is 6.33. The number of pyridine rings is 1. The van der Waals surface area contributed by atoms with E-state index < -0.39 is 10.8 Å². The van der Waals surface area contributed by atoms with Gasteiger partial charge in [0, 0.05) is 41.1 Å². The minimum absolute atomic E-state index is 0.184. The van der Waals surface area contributed by atoms with Crippen LogP contribution in [0.1, 0.15) is 25.5 Å². The van der Waals surface area contributed by atoms with Crippen molar-refractivity contribution in [3.8, 4) is 0 Å². The molecular weight excluding hydrogens is 244 g/mol. The SMILES string of the molecule is CC(CS(C)=O)NC(C)c1ccc(Cl)nc1. The predicted molar refractivity (Wildman–Crippen MR) is 69.2 cm³/mol. The standard InChI is InChI=1S/C11H17ClN2OS/c1-8(7-16(3)15)14-9(2)10-4-5-11(12)13-6-10/h4-6,8-9,14H,7H2,1-3H3. The van der Waals surface area contributed by atoms with E-state index >= 15 is 0 Å². The minimum Gasteiger partial charge on any atom is -0.307 e. The second-order valence-corrected chi connectivity index (χ2v) is 5.81. The van der Waals surface area contributed by atoms with Gasteiger partial charge in [-0.15, -0.1) is 0 Å². The molecule has 1 aromatic heterocycles. The molecular formula is C11H17ClN2OS. The molecule has 0 aliphatic rings. The highest BCUT2D eigenvalue weighted by atomic mass is 35.5. The first-order valence-electron chi connectivity index (χ1n) is 5.16. The summed E-state index contributed by atoms with van der Waals surface area (Å²) in [6.45, 7) is 4.08. The van der Waals surface area contributed by atoms with Crippen molar-refractivity contribution in [1.29, 1.82) is 0 Å². The Bertz CT molecular complexity index is 356. The maximum Gasteiger partial charge on any atom is 0.129 e. The average molecular weight is 261 g/mol. The molecule has 16 heavy (non-hydrogen) atoms. The van der Waals surface area contributed by atoms with Crippen LogP contribution < -0.4 is 5.32 Å². The predicted octanol–water partition coefficient (Wildman–Crippen LogP) is 2.15. The molecule has 0 aliphatic carbocycles. The zero-order valence-corrected chi connectivity index (χ0v) is 11.3. The Morgan fingerprint density at radius 2 is 2.19 bits per heavy atom. The molecule has 0 radical (unpaired) electrons. The third kappa shape index (κ3) is 4.60. The lowest BCUT2D eigenvalue weighted by atomic mass is 10.1. The van der Waals surface area contributed by atoms with Gasteiger partial charge in [0.25, 0.3) is 0 Å². The van der Waals surface area contributed by atoms with E-state index in [-0.39, 0.29) is 12.1 Å². The molecule has 0 aliphatic heterocycles. The van der Waals surface area contributed by atoms with E-state index in [1.807, 2.05) is 13.0 Å². The van der Waals surface area contributed by atoms with Crippen LogP contribution in [0.3, 0.4) is 0 Å². The maximum absolute atomic E-state index is 11.1. The molecule has 3 nitrogen and oxygen atoms in total. The lowest BCUT2D eigenvalue weighted by Gasteiger charge is -2.19. The number of hydrogen-bond acceptors (Lipinski definition) is 3. The van der Waals surface area contributed by atoms with E-state index in [1.165, 1.54) is 0 Å². The summed E-state index contributed by atoms with van der Waals surface area (Å²) >= 11 is 5.72. The summed E-state index contributed by atoms with van der Waals surface area (Å²) in [4.78, 5) is 4.03. The Labute approximate surface area is 104 Å². The van der Waals surface area contributed by atoms with Crippen LogP contribution in [0.25, 0.3) is 0 Å². The van der Waals surface area contributed by atoms with Gasteiger partial charge in [-0.25, -0.2) is 4.98 Å². The molecule has 1 N–H and O–H groups in total. The summed E-state index contributed by atoms with van der Waals surface area (Å²) in [5.74, 6) is 0.658. The number of nitrogens with one attached hydrogen (secondary N) is 1. The maximum atomic E-state index is 11.1. The van der Waals surface area contributed by atoms with Crippen LogP contribution in [0.4, 0.5) is 0 Å². The molecule has 1 rings (SSSR count). The molecule has 0 fully saturated rings. The molecule has 0 aromatic carbocycles. The highest BCUT2D eigenvalue weighted by molar-refractivity contribution is 7.84. The summed E-state index contributed by atoms with van der Waals surface area (Å²) in [6, 6.07) is 4.13. The number of halogens is 1. The van der Waals surface area contributed by atoms with Crippen molar-refractivity contribution in [2.75, 3.05) is 12.0 Å². The first kappa shape index (κ1) is 13.6. The van der Waals surface area contributed by atoms with E-state index in [2.05, 4.69) is 17.2 Å². The Balaban J connectivity index is 2.54. The Kier molecular flexibility index (Phi) is 5.38. The average Bonchev–Trinajstić information content (AvgIpc) is 2.16. The molecule has 0 saturated carbocycles. The van der Waals surface area contributed by atoms with Crippen LogP contribution in [-0.2, 0) is 10.8 Å². The highest BCUT2D eigenvalue weighted by Crippen LogP contribution is 2.14. The van der Waals surface area contributed by atoms with Crippen LogP contribution in [-0.4, -0.2) is 27.2 Å². The summed E-state index contributed by atoms with van der Waals surface area (Å²) in [6.07, 6.45) is 3.47. The van der Waals surface area contributed by atoms with Crippen LogP contribution in [0.2, 0.25) is 5.15 Å². The molecule has 1 aromatic rings. The van der Waals surface area contributed by atoms with Crippen molar-refractivity contribution in [3.63, 3.8) is 0 Å². The molecule has 0 spiro atoms. The molecule has 0 saturated heterocycles. The van der Waals surface area contributed by atoms with Gasteiger partial charge in [-0.3, -0.25) is 4.21 Å². The summed E-state index contributed by atoms with van der Waals surface area (Å²) in [5, 5.41) is 3.87. The van der Waals surface area contributed by atoms with Gasteiger partial charge in [0.05, 0.1) is 0 Å². The Morgan fingerprint density at radius 3 is 2.69 bits per heavy atom. The normalized spacial score (nSPS) is 16.8. The van der Waals surface area contributed by atoms with E-state index in [1.54, 1.807) is 18.5 Å². The van der Waals surface area contributed by atoms with Crippen molar-refractivity contribution in [2.24, 2.45) is 0 Å². The van der Waals surface area contributed by atoms with E-state index in [9.17, 15) is 4.21 Å². The third-order valence-electron chi connectivity index (χ3n) is 2.27. The quantitative estimate of drug-likeness (QED) is 0.825. The molecule has 0 bridgehead atoms. The fourth-order valence-electron chi connectivity index (χ4n) is 1.57. The van der Waals surface area contributed by atoms with E-state index in [0.29, 0.717) is 10.9 Å². The molecule has 5 heteroatoms. The van der Waals surface area contributed by atoms with Crippen LogP contribution in [0, 0.1) is 0 Å². The largest absolute Gasteiger partial charge is 0.307 e. The number of aromatic nitrogens is 1. The second-order valence-electron chi connectivity index (χ2n) is 3.94. The molecule has 0 amide bonds. The van der Waals surface area contributed by atoms with Crippen molar-refractivity contribution in [2.45, 2.75) is 25.9 Å². The topological polar surface area (TPSA) is 42.0 Å². The van der Waals surface area contributed by atoms with Gasteiger partial charge in [-0.2, -0.15) is 0 Å². The van der Waals surface area contributed by atoms with E-state index in [0.717, 1.165) is 5.56 Å². The van der Waals surface area contributed by atoms with Crippen LogP contribution in [0.15, 0.2) is 18.3 Å². The fourth-order valence-corrected chi connectivity index (χ4v) is 2.48. The van der Waals surface area contributed by atoms with Crippen molar-refractivity contribution < 1.29 is 4.21 Å². The lowest BCUT2D eigenvalue weighted by Crippen LogP contribution is -2.33. The van der Waals surface area contributed by atoms with Crippen LogP contribution >= 0.6 is 11.6 Å². The Morgan fingerprint density at radius 1 is 1.50 bits per heavy atom. The summed E-state index contributed by atoms with van der Waals surface area (Å²) in [7, 11) is -0.771. The first-order valence-corrected chi connectivity index (χ1v) is 7.27. The first-order chi connectivity index (χ1) is 7.49. The van der Waals surface area contributed by atoms with E-state index in [4.69, 9.17) is 11.6 Å². The zero-order chi connectivity index (χ0) is 12.1. The van der Waals surface area contributed by atoms with Gasteiger partial charge >= 0.3 is 0 Å². The third-order valence-corrected chi connectivity index (χ3v) is 3.46. The molecule has 3 unspecified atom stereocenters. The van der Waals surface area contributed by atoms with Gasteiger partial charge in [0.15, 0.2) is 0 Å². The van der Waals surface area contributed by atoms with Crippen molar-refractivity contribution >= 4 is 22.4 Å². The molecule has 90 valence electrons. The zero-order valence-electron chi connectivity index (χ0n) is 9.74. The molecule has 1 heterocycles. The van der Waals surface area contributed by atoms with Gasteiger partial charge in [-0.1, -0.05) is 17.7 Å².